The minimum absolute atomic E-state index is 0.0587. The Bertz CT molecular complexity index is 926. The third kappa shape index (κ3) is 5.05. The summed E-state index contributed by atoms with van der Waals surface area (Å²) in [5, 5.41) is 12.9. The summed E-state index contributed by atoms with van der Waals surface area (Å²) in [5.74, 6) is 1.78. The monoisotopic (exact) mass is 416 g/mol. The number of halogens is 1. The maximum absolute atomic E-state index is 12.2. The number of aromatic nitrogens is 3. The van der Waals surface area contributed by atoms with Crippen molar-refractivity contribution in [2.75, 3.05) is 12.9 Å². The van der Waals surface area contributed by atoms with Crippen LogP contribution in [0.5, 0.6) is 5.75 Å². The van der Waals surface area contributed by atoms with Gasteiger partial charge in [0, 0.05) is 23.7 Å². The van der Waals surface area contributed by atoms with Crippen molar-refractivity contribution in [3.8, 4) is 17.1 Å². The number of hydrogen-bond donors (Lipinski definition) is 1. The first-order chi connectivity index (χ1) is 13.6. The number of amides is 1. The van der Waals surface area contributed by atoms with Crippen LogP contribution in [0.2, 0.25) is 5.02 Å². The molecule has 28 heavy (non-hydrogen) atoms. The van der Waals surface area contributed by atoms with E-state index in [1.807, 2.05) is 60.0 Å². The molecular weight excluding hydrogens is 396 g/mol. The molecule has 0 spiro atoms. The van der Waals surface area contributed by atoms with Gasteiger partial charge >= 0.3 is 0 Å². The van der Waals surface area contributed by atoms with Crippen LogP contribution < -0.4 is 10.1 Å². The molecule has 1 aromatic heterocycles. The van der Waals surface area contributed by atoms with Crippen molar-refractivity contribution in [3.63, 3.8) is 0 Å². The molecule has 1 amide bonds. The number of ether oxygens (including phenoxy) is 1. The van der Waals surface area contributed by atoms with Crippen LogP contribution in [0, 0.1) is 0 Å². The van der Waals surface area contributed by atoms with Crippen LogP contribution in [0.1, 0.15) is 12.5 Å². The molecule has 146 valence electrons. The summed E-state index contributed by atoms with van der Waals surface area (Å²) in [6.45, 7) is 3.21. The Hall–Kier alpha value is -2.51. The van der Waals surface area contributed by atoms with Crippen LogP contribution >= 0.6 is 23.4 Å². The van der Waals surface area contributed by atoms with E-state index in [0.717, 1.165) is 27.9 Å². The smallest absolute Gasteiger partial charge is 0.230 e. The van der Waals surface area contributed by atoms with Crippen LogP contribution in [0.4, 0.5) is 0 Å². The fourth-order valence-electron chi connectivity index (χ4n) is 2.62. The number of thioether (sulfide) groups is 1. The van der Waals surface area contributed by atoms with Crippen molar-refractivity contribution in [1.29, 1.82) is 0 Å². The molecule has 1 heterocycles. The van der Waals surface area contributed by atoms with Gasteiger partial charge in [-0.1, -0.05) is 35.5 Å². The number of methoxy groups -OCH3 is 1. The fourth-order valence-corrected chi connectivity index (χ4v) is 3.58. The van der Waals surface area contributed by atoms with Gasteiger partial charge in [-0.3, -0.25) is 4.79 Å². The summed E-state index contributed by atoms with van der Waals surface area (Å²) in [5.41, 5.74) is 1.95. The second-order valence-electron chi connectivity index (χ2n) is 5.97. The molecule has 2 aromatic carbocycles. The molecule has 0 bridgehead atoms. The van der Waals surface area contributed by atoms with Crippen molar-refractivity contribution < 1.29 is 9.53 Å². The Morgan fingerprint density at radius 2 is 1.86 bits per heavy atom. The zero-order valence-electron chi connectivity index (χ0n) is 15.7. The zero-order valence-corrected chi connectivity index (χ0v) is 17.3. The third-order valence-corrected chi connectivity index (χ3v) is 5.34. The molecule has 0 aliphatic carbocycles. The molecule has 8 heteroatoms. The van der Waals surface area contributed by atoms with E-state index in [-0.39, 0.29) is 11.7 Å². The van der Waals surface area contributed by atoms with E-state index < -0.39 is 0 Å². The first kappa shape index (κ1) is 20.2. The van der Waals surface area contributed by atoms with Gasteiger partial charge in [-0.05, 0) is 48.9 Å². The van der Waals surface area contributed by atoms with E-state index in [0.29, 0.717) is 18.1 Å². The number of nitrogens with zero attached hydrogens (tertiary/aromatic N) is 3. The largest absolute Gasteiger partial charge is 0.497 e. The fraction of sp³-hybridized carbons (Fsp3) is 0.250. The van der Waals surface area contributed by atoms with E-state index in [4.69, 9.17) is 16.3 Å². The van der Waals surface area contributed by atoms with Crippen molar-refractivity contribution in [3.05, 3.63) is 59.1 Å². The first-order valence-corrected chi connectivity index (χ1v) is 10.2. The molecule has 1 N–H and O–H groups in total. The number of hydrogen-bond acceptors (Lipinski definition) is 5. The van der Waals surface area contributed by atoms with E-state index in [9.17, 15) is 4.79 Å². The Kier molecular flexibility index (Phi) is 6.95. The average Bonchev–Trinajstić information content (AvgIpc) is 3.14. The molecule has 0 aliphatic rings. The van der Waals surface area contributed by atoms with Gasteiger partial charge in [0.25, 0.3) is 0 Å². The molecule has 0 atom stereocenters. The van der Waals surface area contributed by atoms with Gasteiger partial charge in [0.2, 0.25) is 5.91 Å². The molecular formula is C20H21ClN4O2S. The van der Waals surface area contributed by atoms with Crippen molar-refractivity contribution in [1.82, 2.24) is 20.1 Å². The Morgan fingerprint density at radius 3 is 2.50 bits per heavy atom. The number of benzene rings is 2. The lowest BCUT2D eigenvalue weighted by molar-refractivity contribution is -0.118. The van der Waals surface area contributed by atoms with Crippen LogP contribution in [-0.4, -0.2) is 33.5 Å². The molecule has 3 aromatic rings. The molecule has 6 nitrogen and oxygen atoms in total. The predicted octanol–water partition coefficient (Wildman–Crippen LogP) is 4.04. The van der Waals surface area contributed by atoms with E-state index in [2.05, 4.69) is 15.5 Å². The standard InChI is InChI=1S/C20H21ClN4O2S/c1-3-25-19(15-6-10-17(27-2)11-7-15)23-24-20(25)28-13-18(26)22-12-14-4-8-16(21)9-5-14/h4-11H,3,12-13H2,1-2H3,(H,22,26). The van der Waals surface area contributed by atoms with Crippen molar-refractivity contribution in [2.45, 2.75) is 25.2 Å². The maximum atomic E-state index is 12.2. The summed E-state index contributed by atoms with van der Waals surface area (Å²) in [4.78, 5) is 12.2. The Balaban J connectivity index is 1.60. The lowest BCUT2D eigenvalue weighted by Gasteiger charge is -2.08. The second kappa shape index (κ2) is 9.61. The van der Waals surface area contributed by atoms with Gasteiger partial charge in [-0.25, -0.2) is 0 Å². The van der Waals surface area contributed by atoms with Gasteiger partial charge in [0.05, 0.1) is 12.9 Å². The van der Waals surface area contributed by atoms with Gasteiger partial charge in [-0.2, -0.15) is 0 Å². The summed E-state index contributed by atoms with van der Waals surface area (Å²) in [6, 6.07) is 15.1. The maximum Gasteiger partial charge on any atom is 0.230 e. The average molecular weight is 417 g/mol. The first-order valence-electron chi connectivity index (χ1n) is 8.82. The van der Waals surface area contributed by atoms with Gasteiger partial charge in [0.15, 0.2) is 11.0 Å². The number of nitrogens with one attached hydrogen (secondary N) is 1. The Labute approximate surface area is 173 Å². The van der Waals surface area contributed by atoms with E-state index >= 15 is 0 Å². The minimum atomic E-state index is -0.0587. The lowest BCUT2D eigenvalue weighted by atomic mass is 10.2. The number of rotatable bonds is 8. The normalized spacial score (nSPS) is 10.7. The highest BCUT2D eigenvalue weighted by Gasteiger charge is 2.14. The highest BCUT2D eigenvalue weighted by Crippen LogP contribution is 2.25. The van der Waals surface area contributed by atoms with E-state index in [1.54, 1.807) is 7.11 Å². The Morgan fingerprint density at radius 1 is 1.14 bits per heavy atom. The second-order valence-corrected chi connectivity index (χ2v) is 7.35. The van der Waals surface area contributed by atoms with Crippen LogP contribution in [-0.2, 0) is 17.9 Å². The molecule has 0 saturated heterocycles. The van der Waals surface area contributed by atoms with Crippen LogP contribution in [0.25, 0.3) is 11.4 Å². The quantitative estimate of drug-likeness (QED) is 0.561. The topological polar surface area (TPSA) is 69.0 Å². The van der Waals surface area contributed by atoms with Gasteiger partial charge in [-0.15, -0.1) is 10.2 Å². The molecule has 0 saturated carbocycles. The summed E-state index contributed by atoms with van der Waals surface area (Å²) in [7, 11) is 1.64. The highest BCUT2D eigenvalue weighted by atomic mass is 35.5. The number of carbonyl (C=O) groups excluding carboxylic acids is 1. The number of carbonyl (C=O) groups is 1. The SMILES string of the molecule is CCn1c(SCC(=O)NCc2ccc(Cl)cc2)nnc1-c1ccc(OC)cc1. The summed E-state index contributed by atoms with van der Waals surface area (Å²) in [6.07, 6.45) is 0. The highest BCUT2D eigenvalue weighted by molar-refractivity contribution is 7.99. The lowest BCUT2D eigenvalue weighted by Crippen LogP contribution is -2.24. The predicted molar refractivity (Wildman–Crippen MR) is 112 cm³/mol. The zero-order chi connectivity index (χ0) is 19.9. The molecule has 0 fully saturated rings. The van der Waals surface area contributed by atoms with Crippen molar-refractivity contribution in [2.24, 2.45) is 0 Å². The molecule has 3 rings (SSSR count). The summed E-state index contributed by atoms with van der Waals surface area (Å²) >= 11 is 7.24. The van der Waals surface area contributed by atoms with E-state index in [1.165, 1.54) is 11.8 Å². The summed E-state index contributed by atoms with van der Waals surface area (Å²) < 4.78 is 7.19. The van der Waals surface area contributed by atoms with Gasteiger partial charge in [0.1, 0.15) is 5.75 Å². The third-order valence-electron chi connectivity index (χ3n) is 4.12. The van der Waals surface area contributed by atoms with Crippen LogP contribution in [0.3, 0.4) is 0 Å². The molecule has 0 radical (unpaired) electrons. The van der Waals surface area contributed by atoms with Gasteiger partial charge < -0.3 is 14.6 Å². The minimum Gasteiger partial charge on any atom is -0.497 e. The molecule has 0 unspecified atom stereocenters. The van der Waals surface area contributed by atoms with Crippen LogP contribution in [0.15, 0.2) is 53.7 Å². The van der Waals surface area contributed by atoms with Crippen molar-refractivity contribution >= 4 is 29.3 Å². The molecule has 0 aliphatic heterocycles.